The van der Waals surface area contributed by atoms with Gasteiger partial charge in [0.25, 0.3) is 5.56 Å². The first-order valence-corrected chi connectivity index (χ1v) is 5.92. The normalized spacial score (nSPS) is 11.1. The van der Waals surface area contributed by atoms with Gasteiger partial charge in [-0.2, -0.15) is 5.10 Å². The second-order valence-corrected chi connectivity index (χ2v) is 4.62. The van der Waals surface area contributed by atoms with Gasteiger partial charge >= 0.3 is 0 Å². The minimum Gasteiger partial charge on any atom is -0.266 e. The van der Waals surface area contributed by atoms with Gasteiger partial charge in [0.05, 0.1) is 15.9 Å². The molecule has 0 fully saturated rings. The van der Waals surface area contributed by atoms with Gasteiger partial charge in [0.15, 0.2) is 5.65 Å². The van der Waals surface area contributed by atoms with Gasteiger partial charge in [0.2, 0.25) is 0 Å². The number of terminal acetylenes is 1. The lowest BCUT2D eigenvalue weighted by Gasteiger charge is -1.93. The van der Waals surface area contributed by atoms with Crippen LogP contribution in [0.3, 0.4) is 0 Å². The summed E-state index contributed by atoms with van der Waals surface area (Å²) in [5.41, 5.74) is 0.824. The van der Waals surface area contributed by atoms with Crippen molar-refractivity contribution >= 4 is 32.6 Å². The van der Waals surface area contributed by atoms with Crippen molar-refractivity contribution in [2.75, 3.05) is 0 Å². The average molecular weight is 244 g/mol. The Morgan fingerprint density at radius 2 is 2.47 bits per heavy atom. The fraction of sp³-hybridized carbons (Fsp3) is 0.182. The van der Waals surface area contributed by atoms with Gasteiger partial charge in [-0.05, 0) is 6.42 Å². The number of nitrogens with one attached hydrogen (secondary N) is 1. The Hall–Kier alpha value is -2.13. The van der Waals surface area contributed by atoms with E-state index >= 15 is 0 Å². The predicted octanol–water partition coefficient (Wildman–Crippen LogP) is 1.34. The molecular weight excluding hydrogens is 236 g/mol. The lowest BCUT2D eigenvalue weighted by atomic mass is 10.4. The molecule has 0 atom stereocenters. The SMILES string of the molecule is C#Cn1c2nc(CC)sc2c2cn[nH]c(=O)c21. The van der Waals surface area contributed by atoms with Crippen molar-refractivity contribution in [2.45, 2.75) is 13.3 Å². The van der Waals surface area contributed by atoms with E-state index in [1.165, 1.54) is 4.57 Å². The lowest BCUT2D eigenvalue weighted by Crippen LogP contribution is -2.10. The van der Waals surface area contributed by atoms with E-state index in [4.69, 9.17) is 6.42 Å². The maximum absolute atomic E-state index is 11.7. The number of hydrogen-bond donors (Lipinski definition) is 1. The number of fused-ring (bicyclic) bond motifs is 3. The molecule has 0 saturated heterocycles. The fourth-order valence-electron chi connectivity index (χ4n) is 1.84. The van der Waals surface area contributed by atoms with Crippen LogP contribution in [0.1, 0.15) is 11.9 Å². The number of thiazole rings is 1. The largest absolute Gasteiger partial charge is 0.289 e. The van der Waals surface area contributed by atoms with Crippen LogP contribution in [0.4, 0.5) is 0 Å². The second kappa shape index (κ2) is 3.43. The molecule has 1 N–H and O–H groups in total. The van der Waals surface area contributed by atoms with Crippen molar-refractivity contribution in [3.05, 3.63) is 21.6 Å². The van der Waals surface area contributed by atoms with Gasteiger partial charge in [-0.1, -0.05) is 13.3 Å². The van der Waals surface area contributed by atoms with E-state index in [9.17, 15) is 4.79 Å². The minimum absolute atomic E-state index is 0.288. The quantitative estimate of drug-likeness (QED) is 0.657. The summed E-state index contributed by atoms with van der Waals surface area (Å²) in [7, 11) is 0. The number of nitrogens with zero attached hydrogens (tertiary/aromatic N) is 3. The molecule has 3 heterocycles. The van der Waals surface area contributed by atoms with Crippen LogP contribution in [-0.2, 0) is 6.42 Å². The topological polar surface area (TPSA) is 63.6 Å². The molecule has 0 saturated carbocycles. The molecule has 17 heavy (non-hydrogen) atoms. The Labute approximate surface area is 100 Å². The van der Waals surface area contributed by atoms with E-state index in [0.29, 0.717) is 11.2 Å². The molecule has 0 unspecified atom stereocenters. The second-order valence-electron chi connectivity index (χ2n) is 3.54. The summed E-state index contributed by atoms with van der Waals surface area (Å²) in [6.07, 6.45) is 7.92. The van der Waals surface area contributed by atoms with Crippen molar-refractivity contribution < 1.29 is 0 Å². The van der Waals surface area contributed by atoms with Crippen LogP contribution >= 0.6 is 11.3 Å². The third-order valence-electron chi connectivity index (χ3n) is 2.60. The molecule has 5 nitrogen and oxygen atoms in total. The van der Waals surface area contributed by atoms with E-state index in [1.54, 1.807) is 17.5 Å². The number of rotatable bonds is 1. The zero-order chi connectivity index (χ0) is 12.0. The molecule has 0 spiro atoms. The van der Waals surface area contributed by atoms with Crippen LogP contribution in [0, 0.1) is 12.5 Å². The number of hydrogen-bond acceptors (Lipinski definition) is 4. The highest BCUT2D eigenvalue weighted by molar-refractivity contribution is 7.19. The lowest BCUT2D eigenvalue weighted by molar-refractivity contribution is 0.997. The first kappa shape index (κ1) is 10.1. The van der Waals surface area contributed by atoms with E-state index in [-0.39, 0.29) is 5.56 Å². The standard InChI is InChI=1S/C11H8N4OS/c1-3-7-13-10-9(17-7)6-5-12-14-11(16)8(6)15(10)4-2/h2,5H,3H2,1H3,(H,14,16). The predicted molar refractivity (Wildman–Crippen MR) is 67.1 cm³/mol. The molecule has 0 bridgehead atoms. The van der Waals surface area contributed by atoms with Gasteiger partial charge in [-0.25, -0.2) is 14.6 Å². The van der Waals surface area contributed by atoms with Crippen LogP contribution in [0.5, 0.6) is 0 Å². The average Bonchev–Trinajstić information content (AvgIpc) is 2.86. The number of aryl methyl sites for hydroxylation is 1. The Morgan fingerprint density at radius 3 is 3.18 bits per heavy atom. The fourth-order valence-corrected chi connectivity index (χ4v) is 2.84. The highest BCUT2D eigenvalue weighted by atomic mass is 32.1. The first-order valence-electron chi connectivity index (χ1n) is 5.10. The van der Waals surface area contributed by atoms with E-state index in [0.717, 1.165) is 21.5 Å². The maximum atomic E-state index is 11.7. The zero-order valence-electron chi connectivity index (χ0n) is 9.02. The Morgan fingerprint density at radius 1 is 1.65 bits per heavy atom. The molecular formula is C11H8N4OS. The molecule has 0 aliphatic heterocycles. The third-order valence-corrected chi connectivity index (χ3v) is 3.82. The monoisotopic (exact) mass is 244 g/mol. The van der Waals surface area contributed by atoms with Crippen LogP contribution in [0.15, 0.2) is 11.0 Å². The van der Waals surface area contributed by atoms with Crippen molar-refractivity contribution in [3.63, 3.8) is 0 Å². The van der Waals surface area contributed by atoms with Crippen LogP contribution in [-0.4, -0.2) is 19.7 Å². The molecule has 84 valence electrons. The van der Waals surface area contributed by atoms with Gasteiger partial charge in [0.1, 0.15) is 5.52 Å². The molecule has 3 aromatic heterocycles. The third kappa shape index (κ3) is 1.23. The molecule has 0 aliphatic rings. The first-order chi connectivity index (χ1) is 8.26. The summed E-state index contributed by atoms with van der Waals surface area (Å²) in [6, 6.07) is 2.48. The molecule has 6 heteroatoms. The van der Waals surface area contributed by atoms with Crippen LogP contribution in [0.25, 0.3) is 21.3 Å². The van der Waals surface area contributed by atoms with Crippen LogP contribution in [0.2, 0.25) is 0 Å². The molecule has 0 radical (unpaired) electrons. The minimum atomic E-state index is -0.288. The number of aromatic amines is 1. The Kier molecular flexibility index (Phi) is 2.03. The summed E-state index contributed by atoms with van der Waals surface area (Å²) >= 11 is 1.55. The van der Waals surface area contributed by atoms with Crippen LogP contribution < -0.4 is 5.56 Å². The summed E-state index contributed by atoms with van der Waals surface area (Å²) in [6.45, 7) is 2.03. The van der Waals surface area contributed by atoms with Crippen molar-refractivity contribution in [1.29, 1.82) is 0 Å². The van der Waals surface area contributed by atoms with Gasteiger partial charge in [0, 0.05) is 11.4 Å². The molecule has 3 rings (SSSR count). The summed E-state index contributed by atoms with van der Waals surface area (Å²) < 4.78 is 2.41. The van der Waals surface area contributed by atoms with Crippen molar-refractivity contribution in [1.82, 2.24) is 19.7 Å². The highest BCUT2D eigenvalue weighted by Crippen LogP contribution is 2.30. The summed E-state index contributed by atoms with van der Waals surface area (Å²) in [5.74, 6) is 0. The zero-order valence-corrected chi connectivity index (χ0v) is 9.84. The molecule has 0 aromatic carbocycles. The summed E-state index contributed by atoms with van der Waals surface area (Å²) in [5, 5.41) is 7.95. The maximum Gasteiger partial charge on any atom is 0.289 e. The summed E-state index contributed by atoms with van der Waals surface area (Å²) in [4.78, 5) is 16.2. The van der Waals surface area contributed by atoms with E-state index in [1.807, 2.05) is 6.92 Å². The highest BCUT2D eigenvalue weighted by Gasteiger charge is 2.16. The molecule has 0 amide bonds. The number of H-pyrrole nitrogens is 1. The van der Waals surface area contributed by atoms with Crippen molar-refractivity contribution in [3.8, 4) is 12.5 Å². The van der Waals surface area contributed by atoms with Gasteiger partial charge < -0.3 is 0 Å². The van der Waals surface area contributed by atoms with Gasteiger partial charge in [-0.15, -0.1) is 11.3 Å². The molecule has 0 aliphatic carbocycles. The van der Waals surface area contributed by atoms with E-state index < -0.39 is 0 Å². The Balaban J connectivity index is 2.62. The van der Waals surface area contributed by atoms with Crippen molar-refractivity contribution in [2.24, 2.45) is 0 Å². The smallest absolute Gasteiger partial charge is 0.266 e. The van der Waals surface area contributed by atoms with Gasteiger partial charge in [-0.3, -0.25) is 4.79 Å². The molecule has 3 aromatic rings. The number of aromatic nitrogens is 4. The Bertz CT molecular complexity index is 818. The van der Waals surface area contributed by atoms with E-state index in [2.05, 4.69) is 21.2 Å².